The van der Waals surface area contributed by atoms with E-state index in [4.69, 9.17) is 0 Å². The minimum absolute atomic E-state index is 0.122. The van der Waals surface area contributed by atoms with E-state index in [1.807, 2.05) is 36.4 Å². The van der Waals surface area contributed by atoms with E-state index in [1.165, 1.54) is 16.7 Å². The molecule has 1 amide bonds. The second-order valence-electron chi connectivity index (χ2n) is 6.70. The molecular formula is C22H18FN3O2S. The first-order valence-corrected chi connectivity index (χ1v) is 9.93. The molecule has 0 saturated heterocycles. The van der Waals surface area contributed by atoms with E-state index in [0.29, 0.717) is 16.1 Å². The summed E-state index contributed by atoms with van der Waals surface area (Å²) in [6, 6.07) is 17.5. The quantitative estimate of drug-likeness (QED) is 0.310. The van der Waals surface area contributed by atoms with Gasteiger partial charge in [0.15, 0.2) is 5.16 Å². The van der Waals surface area contributed by atoms with Crippen molar-refractivity contribution in [2.75, 3.05) is 5.32 Å². The lowest BCUT2D eigenvalue weighted by Gasteiger charge is -2.14. The van der Waals surface area contributed by atoms with Crippen LogP contribution in [0.25, 0.3) is 21.7 Å². The van der Waals surface area contributed by atoms with Crippen molar-refractivity contribution in [1.29, 1.82) is 0 Å². The SMILES string of the molecule is C[C@H](Sc1nc2cc3ccccc3cc2c(=O)n1C)C(=O)Nc1ccccc1F. The van der Waals surface area contributed by atoms with Gasteiger partial charge in [0.1, 0.15) is 5.82 Å². The van der Waals surface area contributed by atoms with E-state index in [9.17, 15) is 14.0 Å². The van der Waals surface area contributed by atoms with Crippen LogP contribution in [0.1, 0.15) is 6.92 Å². The minimum Gasteiger partial charge on any atom is -0.323 e. The zero-order chi connectivity index (χ0) is 20.5. The van der Waals surface area contributed by atoms with E-state index in [2.05, 4.69) is 10.3 Å². The van der Waals surface area contributed by atoms with Crippen molar-refractivity contribution in [2.45, 2.75) is 17.3 Å². The number of rotatable bonds is 4. The molecule has 0 unspecified atom stereocenters. The average Bonchev–Trinajstić information content (AvgIpc) is 2.72. The maximum atomic E-state index is 13.8. The Bertz CT molecular complexity index is 1300. The molecule has 146 valence electrons. The number of nitrogens with zero attached hydrogens (tertiary/aromatic N) is 2. The number of aromatic nitrogens is 2. The predicted molar refractivity (Wildman–Crippen MR) is 115 cm³/mol. The van der Waals surface area contributed by atoms with Crippen molar-refractivity contribution in [1.82, 2.24) is 9.55 Å². The lowest BCUT2D eigenvalue weighted by atomic mass is 10.1. The van der Waals surface area contributed by atoms with Crippen molar-refractivity contribution < 1.29 is 9.18 Å². The molecule has 1 N–H and O–H groups in total. The van der Waals surface area contributed by atoms with Gasteiger partial charge in [-0.25, -0.2) is 9.37 Å². The van der Waals surface area contributed by atoms with Crippen LogP contribution in [0, 0.1) is 5.82 Å². The number of hydrogen-bond acceptors (Lipinski definition) is 4. The third kappa shape index (κ3) is 3.73. The summed E-state index contributed by atoms with van der Waals surface area (Å²) in [6.45, 7) is 1.69. The largest absolute Gasteiger partial charge is 0.323 e. The second-order valence-corrected chi connectivity index (χ2v) is 8.01. The monoisotopic (exact) mass is 407 g/mol. The molecule has 0 radical (unpaired) electrons. The number of thioether (sulfide) groups is 1. The molecule has 0 aliphatic rings. The summed E-state index contributed by atoms with van der Waals surface area (Å²) in [7, 11) is 1.63. The molecule has 0 fully saturated rings. The van der Waals surface area contributed by atoms with Gasteiger partial charge in [0, 0.05) is 7.05 Å². The molecule has 0 aliphatic heterocycles. The first-order valence-electron chi connectivity index (χ1n) is 9.05. The van der Waals surface area contributed by atoms with Crippen molar-refractivity contribution in [2.24, 2.45) is 7.05 Å². The van der Waals surface area contributed by atoms with Gasteiger partial charge in [0.25, 0.3) is 5.56 Å². The molecule has 1 atom stereocenters. The fourth-order valence-corrected chi connectivity index (χ4v) is 3.93. The molecule has 0 bridgehead atoms. The molecule has 1 heterocycles. The molecule has 4 rings (SSSR count). The Kier molecular flexibility index (Phi) is 5.07. The molecule has 0 spiro atoms. The highest BCUT2D eigenvalue weighted by atomic mass is 32.2. The van der Waals surface area contributed by atoms with Gasteiger partial charge in [-0.3, -0.25) is 14.2 Å². The van der Waals surface area contributed by atoms with Gasteiger partial charge >= 0.3 is 0 Å². The van der Waals surface area contributed by atoms with Crippen LogP contribution in [-0.4, -0.2) is 20.7 Å². The van der Waals surface area contributed by atoms with Crippen LogP contribution in [0.3, 0.4) is 0 Å². The number of carbonyl (C=O) groups excluding carboxylic acids is 1. The second kappa shape index (κ2) is 7.67. The standard InChI is InChI=1S/C22H18FN3O2S/c1-13(20(27)24-18-10-6-5-9-17(18)23)29-22-25-19-12-15-8-4-3-7-14(15)11-16(19)21(28)26(22)2/h3-13H,1-2H3,(H,24,27)/t13-/m0/s1. The number of nitrogens with one attached hydrogen (secondary N) is 1. The van der Waals surface area contributed by atoms with Gasteiger partial charge in [-0.1, -0.05) is 48.2 Å². The molecule has 5 nitrogen and oxygen atoms in total. The van der Waals surface area contributed by atoms with Crippen molar-refractivity contribution in [3.05, 3.63) is 76.8 Å². The summed E-state index contributed by atoms with van der Waals surface area (Å²) in [5, 5.41) is 4.91. The molecule has 1 aromatic heterocycles. The van der Waals surface area contributed by atoms with Crippen molar-refractivity contribution in [3.8, 4) is 0 Å². The van der Waals surface area contributed by atoms with Gasteiger partial charge in [0.05, 0.1) is 21.8 Å². The molecule has 7 heteroatoms. The molecular weight excluding hydrogens is 389 g/mol. The Morgan fingerprint density at radius 3 is 2.48 bits per heavy atom. The number of hydrogen-bond donors (Lipinski definition) is 1. The van der Waals surface area contributed by atoms with Crippen LogP contribution in [0.2, 0.25) is 0 Å². The first-order chi connectivity index (χ1) is 13.9. The smallest absolute Gasteiger partial charge is 0.261 e. The molecule has 3 aromatic carbocycles. The zero-order valence-corrected chi connectivity index (χ0v) is 16.7. The van der Waals surface area contributed by atoms with Gasteiger partial charge in [0.2, 0.25) is 5.91 Å². The highest BCUT2D eigenvalue weighted by Crippen LogP contribution is 2.25. The fraction of sp³-hybridized carbons (Fsp3) is 0.136. The fourth-order valence-electron chi connectivity index (χ4n) is 3.05. The molecule has 0 saturated carbocycles. The zero-order valence-electron chi connectivity index (χ0n) is 15.8. The Morgan fingerprint density at radius 1 is 1.10 bits per heavy atom. The number of para-hydroxylation sites is 1. The number of amides is 1. The Balaban J connectivity index is 1.65. The summed E-state index contributed by atoms with van der Waals surface area (Å²) < 4.78 is 15.2. The average molecular weight is 407 g/mol. The van der Waals surface area contributed by atoms with E-state index in [-0.39, 0.29) is 17.2 Å². The van der Waals surface area contributed by atoms with Gasteiger partial charge in [-0.15, -0.1) is 0 Å². The van der Waals surface area contributed by atoms with Gasteiger partial charge < -0.3 is 5.32 Å². The van der Waals surface area contributed by atoms with Crippen LogP contribution >= 0.6 is 11.8 Å². The van der Waals surface area contributed by atoms with Crippen LogP contribution < -0.4 is 10.9 Å². The number of fused-ring (bicyclic) bond motifs is 2. The molecule has 29 heavy (non-hydrogen) atoms. The highest BCUT2D eigenvalue weighted by Gasteiger charge is 2.19. The first kappa shape index (κ1) is 19.1. The Labute approximate surface area is 170 Å². The predicted octanol–water partition coefficient (Wildman–Crippen LogP) is 4.35. The summed E-state index contributed by atoms with van der Waals surface area (Å²) in [5.74, 6) is -0.867. The van der Waals surface area contributed by atoms with Gasteiger partial charge in [-0.2, -0.15) is 0 Å². The summed E-state index contributed by atoms with van der Waals surface area (Å²) in [5.41, 5.74) is 0.526. The topological polar surface area (TPSA) is 64.0 Å². The normalized spacial score (nSPS) is 12.2. The Morgan fingerprint density at radius 2 is 1.76 bits per heavy atom. The van der Waals surface area contributed by atoms with Gasteiger partial charge in [-0.05, 0) is 42.0 Å². The maximum Gasteiger partial charge on any atom is 0.261 e. The summed E-state index contributed by atoms with van der Waals surface area (Å²) in [6.07, 6.45) is 0. The van der Waals surface area contributed by atoms with Crippen LogP contribution in [0.4, 0.5) is 10.1 Å². The van der Waals surface area contributed by atoms with E-state index < -0.39 is 11.1 Å². The van der Waals surface area contributed by atoms with E-state index in [1.54, 1.807) is 26.1 Å². The molecule has 0 aliphatic carbocycles. The number of carbonyl (C=O) groups is 1. The van der Waals surface area contributed by atoms with Crippen LogP contribution in [0.15, 0.2) is 70.6 Å². The van der Waals surface area contributed by atoms with Crippen LogP contribution in [0.5, 0.6) is 0 Å². The van der Waals surface area contributed by atoms with E-state index >= 15 is 0 Å². The van der Waals surface area contributed by atoms with Crippen LogP contribution in [-0.2, 0) is 11.8 Å². The minimum atomic E-state index is -0.578. The summed E-state index contributed by atoms with van der Waals surface area (Å²) >= 11 is 1.16. The lowest BCUT2D eigenvalue weighted by molar-refractivity contribution is -0.115. The van der Waals surface area contributed by atoms with E-state index in [0.717, 1.165) is 22.5 Å². The third-order valence-electron chi connectivity index (χ3n) is 4.69. The van der Waals surface area contributed by atoms with Crippen molar-refractivity contribution in [3.63, 3.8) is 0 Å². The lowest BCUT2D eigenvalue weighted by Crippen LogP contribution is -2.26. The third-order valence-corrected chi connectivity index (χ3v) is 5.83. The maximum absolute atomic E-state index is 13.8. The Hall–Kier alpha value is -3.19. The van der Waals surface area contributed by atoms with Crippen molar-refractivity contribution >= 4 is 45.0 Å². The summed E-state index contributed by atoms with van der Waals surface area (Å²) in [4.78, 5) is 29.9. The highest BCUT2D eigenvalue weighted by molar-refractivity contribution is 8.00. The number of halogens is 1. The molecule has 4 aromatic rings. The number of benzene rings is 3. The number of anilines is 1.